The summed E-state index contributed by atoms with van der Waals surface area (Å²) < 4.78 is 10.7. The van der Waals surface area contributed by atoms with Crippen molar-refractivity contribution in [1.29, 1.82) is 0 Å². The fourth-order valence-corrected chi connectivity index (χ4v) is 2.13. The molecule has 5 nitrogen and oxygen atoms in total. The molecule has 17 heavy (non-hydrogen) atoms. The minimum atomic E-state index is 0.254. The molecule has 0 aliphatic carbocycles. The largest absolute Gasteiger partial charge is 0.454 e. The average Bonchev–Trinajstić information content (AvgIpc) is 2.74. The lowest BCUT2D eigenvalue weighted by Gasteiger charge is -2.10. The molecule has 0 saturated carbocycles. The van der Waals surface area contributed by atoms with Crippen molar-refractivity contribution in [2.24, 2.45) is 5.73 Å². The number of rotatable bonds is 1. The Morgan fingerprint density at radius 2 is 2.00 bits per heavy atom. The lowest BCUT2D eigenvalue weighted by molar-refractivity contribution is 0.174. The number of aryl methyl sites for hydroxylation is 1. The van der Waals surface area contributed by atoms with Crippen LogP contribution < -0.4 is 20.9 Å². The number of benzene rings is 1. The molecule has 0 unspecified atom stereocenters. The minimum Gasteiger partial charge on any atom is -0.454 e. The molecule has 4 N–H and O–H groups in total. The number of pyridine rings is 1. The summed E-state index contributed by atoms with van der Waals surface area (Å²) in [4.78, 5) is 4.35. The molecule has 0 bridgehead atoms. The third kappa shape index (κ3) is 1.39. The third-order valence-corrected chi connectivity index (χ3v) is 3.10. The summed E-state index contributed by atoms with van der Waals surface area (Å²) in [6, 6.07) is 3.78. The van der Waals surface area contributed by atoms with Crippen LogP contribution in [0, 0.1) is 6.92 Å². The van der Waals surface area contributed by atoms with Gasteiger partial charge in [0.1, 0.15) is 5.82 Å². The smallest absolute Gasteiger partial charge is 0.231 e. The van der Waals surface area contributed by atoms with Crippen LogP contribution in [0.4, 0.5) is 5.82 Å². The maximum atomic E-state index is 5.88. The zero-order valence-electron chi connectivity index (χ0n) is 9.49. The molecular formula is C12H13N3O2. The number of fused-ring (bicyclic) bond motifs is 2. The monoisotopic (exact) mass is 231 g/mol. The number of anilines is 1. The van der Waals surface area contributed by atoms with Crippen LogP contribution in [0.25, 0.3) is 10.9 Å². The van der Waals surface area contributed by atoms with Gasteiger partial charge in [-0.2, -0.15) is 0 Å². The molecule has 2 aromatic rings. The highest BCUT2D eigenvalue weighted by atomic mass is 16.7. The van der Waals surface area contributed by atoms with E-state index in [-0.39, 0.29) is 6.79 Å². The summed E-state index contributed by atoms with van der Waals surface area (Å²) >= 11 is 0. The summed E-state index contributed by atoms with van der Waals surface area (Å²) in [6.07, 6.45) is 0. The summed E-state index contributed by atoms with van der Waals surface area (Å²) in [6.45, 7) is 2.63. The van der Waals surface area contributed by atoms with Crippen LogP contribution in [0.3, 0.4) is 0 Å². The summed E-state index contributed by atoms with van der Waals surface area (Å²) in [5.74, 6) is 1.94. The van der Waals surface area contributed by atoms with Crippen molar-refractivity contribution in [3.05, 3.63) is 23.3 Å². The molecule has 3 rings (SSSR count). The second-order valence-electron chi connectivity index (χ2n) is 4.03. The second kappa shape index (κ2) is 3.49. The molecule has 1 aromatic heterocycles. The molecule has 1 aliphatic rings. The van der Waals surface area contributed by atoms with Crippen LogP contribution in [-0.4, -0.2) is 11.8 Å². The molecule has 0 atom stereocenters. The molecular weight excluding hydrogens is 218 g/mol. The maximum Gasteiger partial charge on any atom is 0.231 e. The average molecular weight is 231 g/mol. The molecule has 0 fully saturated rings. The molecule has 1 aromatic carbocycles. The molecule has 1 aliphatic heterocycles. The van der Waals surface area contributed by atoms with Gasteiger partial charge in [-0.05, 0) is 18.6 Å². The van der Waals surface area contributed by atoms with Gasteiger partial charge in [-0.3, -0.25) is 0 Å². The lowest BCUT2D eigenvalue weighted by Crippen LogP contribution is -2.06. The van der Waals surface area contributed by atoms with E-state index < -0.39 is 0 Å². The number of ether oxygens (including phenoxy) is 2. The van der Waals surface area contributed by atoms with Crippen LogP contribution in [0.15, 0.2) is 12.1 Å². The Labute approximate surface area is 98.3 Å². The van der Waals surface area contributed by atoms with E-state index in [0.717, 1.165) is 27.8 Å². The highest BCUT2D eigenvalue weighted by molar-refractivity contribution is 5.88. The van der Waals surface area contributed by atoms with Gasteiger partial charge in [-0.15, -0.1) is 0 Å². The standard InChI is InChI=1S/C12H13N3O2/c1-6-7-2-10-11(17-5-16-10)3-9(7)15-12(14)8(6)4-13/h2-3H,4-5,13H2,1H3,(H2,14,15). The van der Waals surface area contributed by atoms with Crippen molar-refractivity contribution >= 4 is 16.7 Å². The molecule has 0 amide bonds. The minimum absolute atomic E-state index is 0.254. The van der Waals surface area contributed by atoms with Crippen LogP contribution >= 0.6 is 0 Å². The third-order valence-electron chi connectivity index (χ3n) is 3.10. The van der Waals surface area contributed by atoms with Crippen molar-refractivity contribution in [3.8, 4) is 11.5 Å². The van der Waals surface area contributed by atoms with Gasteiger partial charge in [0.05, 0.1) is 5.52 Å². The molecule has 0 radical (unpaired) electrons. The first-order valence-electron chi connectivity index (χ1n) is 5.39. The molecule has 5 heteroatoms. The van der Waals surface area contributed by atoms with Crippen molar-refractivity contribution < 1.29 is 9.47 Å². The Kier molecular flexibility index (Phi) is 2.09. The van der Waals surface area contributed by atoms with E-state index in [1.807, 2.05) is 19.1 Å². The number of nitrogens with zero attached hydrogens (tertiary/aromatic N) is 1. The number of aromatic nitrogens is 1. The predicted octanol–water partition coefficient (Wildman–Crippen LogP) is 1.31. The van der Waals surface area contributed by atoms with E-state index in [9.17, 15) is 0 Å². The highest BCUT2D eigenvalue weighted by Crippen LogP contribution is 2.37. The van der Waals surface area contributed by atoms with Crippen LogP contribution in [0.1, 0.15) is 11.1 Å². The maximum absolute atomic E-state index is 5.88. The van der Waals surface area contributed by atoms with E-state index in [4.69, 9.17) is 20.9 Å². The number of hydrogen-bond acceptors (Lipinski definition) is 5. The van der Waals surface area contributed by atoms with Gasteiger partial charge in [0.25, 0.3) is 0 Å². The van der Waals surface area contributed by atoms with Gasteiger partial charge in [0, 0.05) is 23.6 Å². The van der Waals surface area contributed by atoms with E-state index in [1.54, 1.807) is 0 Å². The molecule has 88 valence electrons. The first kappa shape index (κ1) is 10.2. The van der Waals surface area contributed by atoms with Gasteiger partial charge in [0.2, 0.25) is 6.79 Å². The van der Waals surface area contributed by atoms with E-state index in [0.29, 0.717) is 18.1 Å². The normalized spacial score (nSPS) is 13.3. The van der Waals surface area contributed by atoms with Gasteiger partial charge in [-0.1, -0.05) is 0 Å². The SMILES string of the molecule is Cc1c(CN)c(N)nc2cc3c(cc12)OCO3. The van der Waals surface area contributed by atoms with Crippen molar-refractivity contribution in [2.45, 2.75) is 13.5 Å². The van der Waals surface area contributed by atoms with E-state index in [2.05, 4.69) is 4.98 Å². The summed E-state index contributed by atoms with van der Waals surface area (Å²) in [5.41, 5.74) is 14.3. The first-order valence-corrected chi connectivity index (χ1v) is 5.39. The van der Waals surface area contributed by atoms with Gasteiger partial charge in [0.15, 0.2) is 11.5 Å². The lowest BCUT2D eigenvalue weighted by atomic mass is 10.0. The fourth-order valence-electron chi connectivity index (χ4n) is 2.13. The Bertz CT molecular complexity index is 610. The Morgan fingerprint density at radius 1 is 1.29 bits per heavy atom. The number of hydrogen-bond donors (Lipinski definition) is 2. The van der Waals surface area contributed by atoms with E-state index in [1.165, 1.54) is 0 Å². The van der Waals surface area contributed by atoms with Gasteiger partial charge < -0.3 is 20.9 Å². The Hall–Kier alpha value is -2.01. The zero-order valence-corrected chi connectivity index (χ0v) is 9.49. The fraction of sp³-hybridized carbons (Fsp3) is 0.250. The second-order valence-corrected chi connectivity index (χ2v) is 4.03. The highest BCUT2D eigenvalue weighted by Gasteiger charge is 2.17. The van der Waals surface area contributed by atoms with Crippen LogP contribution in [0.5, 0.6) is 11.5 Å². The van der Waals surface area contributed by atoms with Crippen molar-refractivity contribution in [3.63, 3.8) is 0 Å². The topological polar surface area (TPSA) is 83.4 Å². The number of nitrogens with two attached hydrogens (primary N) is 2. The molecule has 2 heterocycles. The summed E-state index contributed by atoms with van der Waals surface area (Å²) in [7, 11) is 0. The summed E-state index contributed by atoms with van der Waals surface area (Å²) in [5, 5.41) is 1.00. The number of nitrogen functional groups attached to an aromatic ring is 1. The molecule has 0 saturated heterocycles. The van der Waals surface area contributed by atoms with Gasteiger partial charge >= 0.3 is 0 Å². The first-order chi connectivity index (χ1) is 8.20. The molecule has 0 spiro atoms. The quantitative estimate of drug-likeness (QED) is 0.773. The Morgan fingerprint density at radius 3 is 2.71 bits per heavy atom. The van der Waals surface area contributed by atoms with Crippen LogP contribution in [0.2, 0.25) is 0 Å². The van der Waals surface area contributed by atoms with E-state index >= 15 is 0 Å². The van der Waals surface area contributed by atoms with Crippen molar-refractivity contribution in [2.75, 3.05) is 12.5 Å². The Balaban J connectivity index is 2.36. The van der Waals surface area contributed by atoms with Crippen LogP contribution in [-0.2, 0) is 6.54 Å². The van der Waals surface area contributed by atoms with Crippen molar-refractivity contribution in [1.82, 2.24) is 4.98 Å². The predicted molar refractivity (Wildman–Crippen MR) is 64.9 cm³/mol. The zero-order chi connectivity index (χ0) is 12.0. The van der Waals surface area contributed by atoms with Gasteiger partial charge in [-0.25, -0.2) is 4.98 Å².